The number of aromatic nitrogens is 6. The zero-order chi connectivity index (χ0) is 23.6. The van der Waals surface area contributed by atoms with Crippen molar-refractivity contribution in [3.63, 3.8) is 0 Å². The van der Waals surface area contributed by atoms with E-state index in [1.54, 1.807) is 37.4 Å². The number of aromatic amines is 1. The topological polar surface area (TPSA) is 118 Å². The summed E-state index contributed by atoms with van der Waals surface area (Å²) in [7, 11) is -4.00. The number of hydrogen-bond acceptors (Lipinski definition) is 7. The van der Waals surface area contributed by atoms with Crippen LogP contribution in [0, 0.1) is 13.8 Å². The van der Waals surface area contributed by atoms with Crippen molar-refractivity contribution in [3.05, 3.63) is 76.1 Å². The Balaban J connectivity index is 1.51. The van der Waals surface area contributed by atoms with Crippen LogP contribution in [0.3, 0.4) is 0 Å². The molecule has 34 heavy (non-hydrogen) atoms. The monoisotopic (exact) mass is 475 g/mol. The lowest BCUT2D eigenvalue weighted by Crippen LogP contribution is -2.33. The Hall–Kier alpha value is -3.99. The van der Waals surface area contributed by atoms with E-state index in [0.29, 0.717) is 23.0 Å². The number of H-pyrrole nitrogens is 1. The van der Waals surface area contributed by atoms with Crippen molar-refractivity contribution in [2.24, 2.45) is 0 Å². The molecule has 3 aromatic heterocycles. The van der Waals surface area contributed by atoms with E-state index >= 15 is 0 Å². The number of benzene rings is 2. The molecule has 172 valence electrons. The molecule has 0 amide bonds. The van der Waals surface area contributed by atoms with Crippen LogP contribution < -0.4 is 10.5 Å². The molecule has 0 saturated carbocycles. The van der Waals surface area contributed by atoms with Gasteiger partial charge in [-0.3, -0.25) is 4.79 Å². The molecule has 1 aliphatic heterocycles. The standard InChI is InChI=1S/C23H21N7O3S/c1-14-3-6-19(15(2)11-14)34(32,33)23-21-25-22(31)17-5-4-16(12-18(17)30(21)27-26-23)29-10-9-28-8-7-24-20(28)13-29/h3-8,11-12,27H,9-10,13H2,1-2H3. The van der Waals surface area contributed by atoms with Crippen LogP contribution in [0.25, 0.3) is 16.6 Å². The maximum atomic E-state index is 13.4. The lowest BCUT2D eigenvalue weighted by molar-refractivity contribution is 0.560. The minimum Gasteiger partial charge on any atom is -0.362 e. The lowest BCUT2D eigenvalue weighted by atomic mass is 10.2. The van der Waals surface area contributed by atoms with Gasteiger partial charge in [-0.25, -0.2) is 23.1 Å². The molecule has 0 fully saturated rings. The van der Waals surface area contributed by atoms with Gasteiger partial charge in [-0.1, -0.05) is 17.7 Å². The summed E-state index contributed by atoms with van der Waals surface area (Å²) in [5.41, 5.74) is 2.44. The smallest absolute Gasteiger partial charge is 0.281 e. The summed E-state index contributed by atoms with van der Waals surface area (Å²) in [6.45, 7) is 5.86. The second kappa shape index (κ2) is 7.26. The molecule has 1 aliphatic rings. The number of anilines is 1. The van der Waals surface area contributed by atoms with Gasteiger partial charge < -0.3 is 9.47 Å². The van der Waals surface area contributed by atoms with Crippen LogP contribution >= 0.6 is 0 Å². The van der Waals surface area contributed by atoms with Crippen LogP contribution in [0.5, 0.6) is 0 Å². The summed E-state index contributed by atoms with van der Waals surface area (Å²) in [5.74, 6) is 0.965. The Morgan fingerprint density at radius 1 is 1.06 bits per heavy atom. The van der Waals surface area contributed by atoms with Gasteiger partial charge in [0, 0.05) is 31.2 Å². The first-order valence-corrected chi connectivity index (χ1v) is 12.3. The third-order valence-electron chi connectivity index (χ3n) is 6.30. The van der Waals surface area contributed by atoms with Crippen molar-refractivity contribution < 1.29 is 8.42 Å². The molecule has 2 aromatic carbocycles. The average Bonchev–Trinajstić information content (AvgIpc) is 3.45. The average molecular weight is 476 g/mol. The number of fused-ring (bicyclic) bond motifs is 4. The fraction of sp³-hybridized carbons (Fsp3) is 0.217. The zero-order valence-corrected chi connectivity index (χ0v) is 19.4. The predicted octanol–water partition coefficient (Wildman–Crippen LogP) is 2.24. The van der Waals surface area contributed by atoms with Crippen molar-refractivity contribution in [2.45, 2.75) is 36.9 Å². The summed E-state index contributed by atoms with van der Waals surface area (Å²) in [6, 6.07) is 10.5. The van der Waals surface area contributed by atoms with Crippen LogP contribution in [-0.2, 0) is 22.9 Å². The molecule has 0 aliphatic carbocycles. The van der Waals surface area contributed by atoms with Gasteiger partial charge >= 0.3 is 0 Å². The Morgan fingerprint density at radius 2 is 1.91 bits per heavy atom. The number of hydrogen-bond donors (Lipinski definition) is 1. The second-order valence-corrected chi connectivity index (χ2v) is 10.4. The van der Waals surface area contributed by atoms with Gasteiger partial charge in [0.1, 0.15) is 5.82 Å². The number of sulfone groups is 1. The van der Waals surface area contributed by atoms with Gasteiger partial charge in [-0.2, -0.15) is 4.98 Å². The molecule has 0 atom stereocenters. The minimum absolute atomic E-state index is 0.0242. The third kappa shape index (κ3) is 3.04. The summed E-state index contributed by atoms with van der Waals surface area (Å²) >= 11 is 0. The minimum atomic E-state index is -4.00. The van der Waals surface area contributed by atoms with Crippen LogP contribution in [-0.4, -0.2) is 44.3 Å². The van der Waals surface area contributed by atoms with E-state index in [9.17, 15) is 13.2 Å². The third-order valence-corrected chi connectivity index (χ3v) is 8.12. The molecule has 0 unspecified atom stereocenters. The van der Waals surface area contributed by atoms with E-state index in [-0.39, 0.29) is 15.6 Å². The highest BCUT2D eigenvalue weighted by atomic mass is 32.2. The molecule has 0 spiro atoms. The number of imidazole rings is 1. The van der Waals surface area contributed by atoms with E-state index in [0.717, 1.165) is 30.2 Å². The molecule has 0 saturated heterocycles. The first kappa shape index (κ1) is 20.6. The van der Waals surface area contributed by atoms with E-state index in [4.69, 9.17) is 0 Å². The summed E-state index contributed by atoms with van der Waals surface area (Å²) < 4.78 is 30.5. The molecule has 5 aromatic rings. The fourth-order valence-electron chi connectivity index (χ4n) is 4.57. The van der Waals surface area contributed by atoms with Crippen molar-refractivity contribution in [1.82, 2.24) is 29.4 Å². The largest absolute Gasteiger partial charge is 0.362 e. The number of rotatable bonds is 3. The quantitative estimate of drug-likeness (QED) is 0.425. The molecule has 4 heterocycles. The molecule has 0 bridgehead atoms. The van der Waals surface area contributed by atoms with Gasteiger partial charge in [0.2, 0.25) is 14.9 Å². The maximum absolute atomic E-state index is 13.4. The Bertz CT molecular complexity index is 1760. The molecule has 1 N–H and O–H groups in total. The van der Waals surface area contributed by atoms with Gasteiger partial charge in [0.05, 0.1) is 22.3 Å². The van der Waals surface area contributed by atoms with Gasteiger partial charge in [0.15, 0.2) is 5.65 Å². The highest BCUT2D eigenvalue weighted by molar-refractivity contribution is 7.91. The molecule has 0 radical (unpaired) electrons. The number of nitrogens with one attached hydrogen (secondary N) is 1. The number of aryl methyl sites for hydroxylation is 2. The molecule has 10 nitrogen and oxygen atoms in total. The van der Waals surface area contributed by atoms with Crippen LogP contribution in [0.2, 0.25) is 0 Å². The fourth-order valence-corrected chi connectivity index (χ4v) is 6.05. The van der Waals surface area contributed by atoms with Gasteiger partial charge in [-0.15, -0.1) is 5.10 Å². The van der Waals surface area contributed by atoms with Crippen molar-refractivity contribution in [3.8, 4) is 0 Å². The predicted molar refractivity (Wildman–Crippen MR) is 126 cm³/mol. The van der Waals surface area contributed by atoms with Crippen LogP contribution in [0.4, 0.5) is 5.69 Å². The Morgan fingerprint density at radius 3 is 2.74 bits per heavy atom. The van der Waals surface area contributed by atoms with Gasteiger partial charge in [0.25, 0.3) is 5.56 Å². The first-order chi connectivity index (χ1) is 16.3. The maximum Gasteiger partial charge on any atom is 0.281 e. The number of nitrogens with zero attached hydrogens (tertiary/aromatic N) is 6. The van der Waals surface area contributed by atoms with Crippen LogP contribution in [0.1, 0.15) is 17.0 Å². The summed E-state index contributed by atoms with van der Waals surface area (Å²) in [5, 5.41) is 6.94. The zero-order valence-electron chi connectivity index (χ0n) is 18.6. The lowest BCUT2D eigenvalue weighted by Gasteiger charge is -2.29. The molecule has 11 heteroatoms. The van der Waals surface area contributed by atoms with E-state index < -0.39 is 15.4 Å². The van der Waals surface area contributed by atoms with E-state index in [1.807, 2.05) is 25.3 Å². The molecular formula is C23H21N7O3S. The normalized spacial score (nSPS) is 14.1. The first-order valence-electron chi connectivity index (χ1n) is 10.8. The van der Waals surface area contributed by atoms with E-state index in [1.165, 1.54) is 4.52 Å². The SMILES string of the molecule is Cc1ccc(S(=O)(=O)c2n[nH]n3c2nc(=O)c2ccc(N4CCn5ccnc5C4)cc23)c(C)c1. The Labute approximate surface area is 194 Å². The van der Waals surface area contributed by atoms with Crippen molar-refractivity contribution >= 4 is 32.1 Å². The van der Waals surface area contributed by atoms with Gasteiger partial charge in [-0.05, 0) is 43.7 Å². The molecule has 6 rings (SSSR count). The second-order valence-electron chi connectivity index (χ2n) is 8.53. The van der Waals surface area contributed by atoms with Crippen molar-refractivity contribution in [2.75, 3.05) is 11.4 Å². The summed E-state index contributed by atoms with van der Waals surface area (Å²) in [6.07, 6.45) is 3.75. The summed E-state index contributed by atoms with van der Waals surface area (Å²) in [4.78, 5) is 23.6. The van der Waals surface area contributed by atoms with Crippen molar-refractivity contribution in [1.29, 1.82) is 0 Å². The highest BCUT2D eigenvalue weighted by Crippen LogP contribution is 2.28. The Kier molecular flexibility index (Phi) is 4.40. The van der Waals surface area contributed by atoms with Crippen LogP contribution in [0.15, 0.2) is 63.5 Å². The van der Waals surface area contributed by atoms with E-state index in [2.05, 4.69) is 29.7 Å². The molecular weight excluding hydrogens is 454 g/mol. The highest BCUT2D eigenvalue weighted by Gasteiger charge is 2.28.